The molecule has 0 aliphatic rings. The first-order valence-corrected chi connectivity index (χ1v) is 10.6. The highest BCUT2D eigenvalue weighted by Crippen LogP contribution is 2.23. The Hall–Kier alpha value is -2.54. The molecule has 1 atom stereocenters. The first-order chi connectivity index (χ1) is 12.7. The Balaban J connectivity index is 2.03. The van der Waals surface area contributed by atoms with Gasteiger partial charge in [-0.25, -0.2) is 8.42 Å². The molecule has 0 bridgehead atoms. The van der Waals surface area contributed by atoms with Crippen molar-refractivity contribution in [2.75, 3.05) is 23.7 Å². The van der Waals surface area contributed by atoms with Gasteiger partial charge in [-0.1, -0.05) is 24.3 Å². The number of benzene rings is 2. The monoisotopic (exact) mass is 390 g/mol. The van der Waals surface area contributed by atoms with Crippen LogP contribution in [0.4, 0.5) is 5.69 Å². The molecular formula is C20H26N2O4S. The number of carbonyl (C=O) groups is 1. The topological polar surface area (TPSA) is 75.7 Å². The van der Waals surface area contributed by atoms with Crippen LogP contribution in [0, 0.1) is 13.8 Å². The second-order valence-corrected chi connectivity index (χ2v) is 8.32. The molecular weight excluding hydrogens is 364 g/mol. The molecule has 0 fully saturated rings. The Morgan fingerprint density at radius 2 is 1.78 bits per heavy atom. The van der Waals surface area contributed by atoms with Crippen LogP contribution >= 0.6 is 0 Å². The molecule has 2 aromatic carbocycles. The van der Waals surface area contributed by atoms with E-state index in [2.05, 4.69) is 5.32 Å². The van der Waals surface area contributed by atoms with Gasteiger partial charge in [0.15, 0.2) is 0 Å². The summed E-state index contributed by atoms with van der Waals surface area (Å²) in [5.41, 5.74) is 2.50. The minimum absolute atomic E-state index is 0.280. The third-order valence-electron chi connectivity index (χ3n) is 4.25. The van der Waals surface area contributed by atoms with Crippen molar-refractivity contribution in [3.8, 4) is 5.75 Å². The molecule has 0 saturated carbocycles. The largest absolute Gasteiger partial charge is 0.492 e. The predicted octanol–water partition coefficient (Wildman–Crippen LogP) is 2.65. The fraction of sp³-hybridized carbons (Fsp3) is 0.350. The maximum Gasteiger partial charge on any atom is 0.243 e. The number of aryl methyl sites for hydroxylation is 2. The zero-order valence-corrected chi connectivity index (χ0v) is 16.9. The SMILES string of the molecule is Cc1ccc(N([C@H](C)C(=O)NCCOc2ccccc2)S(C)(=O)=O)cc1C. The molecule has 0 unspecified atom stereocenters. The van der Waals surface area contributed by atoms with Crippen molar-refractivity contribution < 1.29 is 17.9 Å². The molecule has 146 valence electrons. The lowest BCUT2D eigenvalue weighted by Crippen LogP contribution is -2.48. The second kappa shape index (κ2) is 8.90. The lowest BCUT2D eigenvalue weighted by molar-refractivity contribution is -0.121. The molecule has 2 aromatic rings. The molecule has 1 amide bonds. The smallest absolute Gasteiger partial charge is 0.243 e. The quantitative estimate of drug-likeness (QED) is 0.703. The minimum atomic E-state index is -3.62. The van der Waals surface area contributed by atoms with Gasteiger partial charge in [-0.05, 0) is 56.2 Å². The van der Waals surface area contributed by atoms with Crippen LogP contribution in [0.1, 0.15) is 18.1 Å². The molecule has 0 radical (unpaired) electrons. The Labute approximate surface area is 161 Å². The summed E-state index contributed by atoms with van der Waals surface area (Å²) in [4.78, 5) is 12.5. The molecule has 0 heterocycles. The van der Waals surface area contributed by atoms with Gasteiger partial charge in [-0.15, -0.1) is 0 Å². The van der Waals surface area contributed by atoms with Crippen molar-refractivity contribution in [1.29, 1.82) is 0 Å². The maximum atomic E-state index is 12.5. The lowest BCUT2D eigenvalue weighted by Gasteiger charge is -2.28. The standard InChI is InChI=1S/C20H26N2O4S/c1-15-10-11-18(14-16(15)2)22(27(4,24)25)17(3)20(23)21-12-13-26-19-8-6-5-7-9-19/h5-11,14,17H,12-13H2,1-4H3,(H,21,23)/t17-/m1/s1. The zero-order chi connectivity index (χ0) is 20.0. The molecule has 7 heteroatoms. The number of hydrogen-bond acceptors (Lipinski definition) is 4. The van der Waals surface area contributed by atoms with E-state index in [0.717, 1.165) is 21.7 Å². The van der Waals surface area contributed by atoms with Crippen molar-refractivity contribution in [1.82, 2.24) is 5.32 Å². The molecule has 27 heavy (non-hydrogen) atoms. The number of amides is 1. The van der Waals surface area contributed by atoms with Crippen molar-refractivity contribution in [3.63, 3.8) is 0 Å². The number of anilines is 1. The average Bonchev–Trinajstić information content (AvgIpc) is 2.61. The van der Waals surface area contributed by atoms with Gasteiger partial charge in [0, 0.05) is 0 Å². The van der Waals surface area contributed by atoms with E-state index in [1.807, 2.05) is 50.2 Å². The van der Waals surface area contributed by atoms with E-state index in [-0.39, 0.29) is 12.5 Å². The molecule has 2 rings (SSSR count). The van der Waals surface area contributed by atoms with E-state index in [1.165, 1.54) is 0 Å². The number of ether oxygens (including phenoxy) is 1. The van der Waals surface area contributed by atoms with Crippen molar-refractivity contribution in [2.24, 2.45) is 0 Å². The van der Waals surface area contributed by atoms with E-state index in [1.54, 1.807) is 19.1 Å². The fourth-order valence-corrected chi connectivity index (χ4v) is 3.85. The van der Waals surface area contributed by atoms with E-state index in [0.29, 0.717) is 18.0 Å². The van der Waals surface area contributed by atoms with Crippen LogP contribution < -0.4 is 14.4 Å². The number of para-hydroxylation sites is 1. The summed E-state index contributed by atoms with van der Waals surface area (Å²) in [6.07, 6.45) is 1.10. The van der Waals surface area contributed by atoms with Crippen LogP contribution in [0.2, 0.25) is 0 Å². The fourth-order valence-electron chi connectivity index (χ4n) is 2.68. The van der Waals surface area contributed by atoms with E-state index in [9.17, 15) is 13.2 Å². The van der Waals surface area contributed by atoms with Crippen LogP contribution in [-0.2, 0) is 14.8 Å². The highest BCUT2D eigenvalue weighted by Gasteiger charge is 2.29. The van der Waals surface area contributed by atoms with Crippen molar-refractivity contribution in [2.45, 2.75) is 26.8 Å². The zero-order valence-electron chi connectivity index (χ0n) is 16.1. The highest BCUT2D eigenvalue weighted by molar-refractivity contribution is 7.92. The average molecular weight is 391 g/mol. The number of nitrogens with zero attached hydrogens (tertiary/aromatic N) is 1. The highest BCUT2D eigenvalue weighted by atomic mass is 32.2. The number of rotatable bonds is 8. The molecule has 0 spiro atoms. The normalized spacial score (nSPS) is 12.3. The van der Waals surface area contributed by atoms with Gasteiger partial charge in [-0.2, -0.15) is 0 Å². The number of carbonyl (C=O) groups excluding carboxylic acids is 1. The van der Waals surface area contributed by atoms with Crippen LogP contribution in [0.5, 0.6) is 5.75 Å². The maximum absolute atomic E-state index is 12.5. The predicted molar refractivity (Wildman–Crippen MR) is 108 cm³/mol. The Bertz CT molecular complexity index is 882. The van der Waals surface area contributed by atoms with E-state index >= 15 is 0 Å². The Kier molecular flexibility index (Phi) is 6.85. The van der Waals surface area contributed by atoms with Crippen molar-refractivity contribution in [3.05, 3.63) is 59.7 Å². The number of hydrogen-bond donors (Lipinski definition) is 1. The van der Waals surface area contributed by atoms with Gasteiger partial charge in [0.25, 0.3) is 0 Å². The molecule has 1 N–H and O–H groups in total. The molecule has 0 aromatic heterocycles. The first kappa shape index (κ1) is 20.8. The molecule has 0 saturated heterocycles. The second-order valence-electron chi connectivity index (χ2n) is 6.46. The summed E-state index contributed by atoms with van der Waals surface area (Å²) in [5, 5.41) is 2.73. The summed E-state index contributed by atoms with van der Waals surface area (Å²) in [5.74, 6) is 0.336. The van der Waals surface area contributed by atoms with Gasteiger partial charge >= 0.3 is 0 Å². The van der Waals surface area contributed by atoms with Crippen LogP contribution in [-0.4, -0.2) is 39.8 Å². The minimum Gasteiger partial charge on any atom is -0.492 e. The first-order valence-electron chi connectivity index (χ1n) is 8.72. The molecule has 6 nitrogen and oxygen atoms in total. The summed E-state index contributed by atoms with van der Waals surface area (Å²) in [7, 11) is -3.62. The van der Waals surface area contributed by atoms with Gasteiger partial charge in [0.05, 0.1) is 18.5 Å². The molecule has 0 aliphatic heterocycles. The van der Waals surface area contributed by atoms with Gasteiger partial charge in [0.2, 0.25) is 15.9 Å². The van der Waals surface area contributed by atoms with Crippen LogP contribution in [0.3, 0.4) is 0 Å². The van der Waals surface area contributed by atoms with E-state index < -0.39 is 16.1 Å². The third-order valence-corrected chi connectivity index (χ3v) is 5.49. The van der Waals surface area contributed by atoms with Gasteiger partial charge in [-0.3, -0.25) is 9.10 Å². The summed E-state index contributed by atoms with van der Waals surface area (Å²) < 4.78 is 31.3. The van der Waals surface area contributed by atoms with Gasteiger partial charge < -0.3 is 10.1 Å². The summed E-state index contributed by atoms with van der Waals surface area (Å²) >= 11 is 0. The van der Waals surface area contributed by atoms with Crippen LogP contribution in [0.15, 0.2) is 48.5 Å². The molecule has 0 aliphatic carbocycles. The number of nitrogens with one attached hydrogen (secondary N) is 1. The summed E-state index contributed by atoms with van der Waals surface area (Å²) in [6.45, 7) is 6.01. The number of sulfonamides is 1. The Morgan fingerprint density at radius 1 is 1.11 bits per heavy atom. The van der Waals surface area contributed by atoms with E-state index in [4.69, 9.17) is 4.74 Å². The third kappa shape index (κ3) is 5.72. The lowest BCUT2D eigenvalue weighted by atomic mass is 10.1. The van der Waals surface area contributed by atoms with Crippen LogP contribution in [0.25, 0.3) is 0 Å². The van der Waals surface area contributed by atoms with Crippen molar-refractivity contribution >= 4 is 21.6 Å². The Morgan fingerprint density at radius 3 is 2.37 bits per heavy atom. The van der Waals surface area contributed by atoms with Gasteiger partial charge in [0.1, 0.15) is 18.4 Å². The summed E-state index contributed by atoms with van der Waals surface area (Å²) in [6, 6.07) is 13.7.